The number of nitrogens with zero attached hydrogens (tertiary/aromatic N) is 2. The van der Waals surface area contributed by atoms with Crippen LogP contribution in [0.3, 0.4) is 0 Å². The molecule has 0 saturated carbocycles. The fraction of sp³-hybridized carbons (Fsp3) is 0.222. The zero-order valence-corrected chi connectivity index (χ0v) is 13.6. The topological polar surface area (TPSA) is 46.9 Å². The second kappa shape index (κ2) is 7.74. The Balaban J connectivity index is 1.50. The van der Waals surface area contributed by atoms with Crippen molar-refractivity contribution in [1.29, 1.82) is 0 Å². The number of carbonyl (C=O) groups excluding carboxylic acids is 1. The molecule has 0 aliphatic carbocycles. The smallest absolute Gasteiger partial charge is 0.251 e. The normalized spacial score (nSPS) is 10.6. The zero-order chi connectivity index (χ0) is 15.9. The Bertz CT molecular complexity index is 735. The molecule has 3 rings (SSSR count). The first kappa shape index (κ1) is 15.5. The monoisotopic (exact) mass is 325 g/mol. The lowest BCUT2D eigenvalue weighted by Crippen LogP contribution is -2.24. The minimum atomic E-state index is -0.0153. The summed E-state index contributed by atoms with van der Waals surface area (Å²) in [5.74, 6) is -0.0153. The maximum atomic E-state index is 12.2. The van der Waals surface area contributed by atoms with Crippen molar-refractivity contribution in [2.24, 2.45) is 0 Å². The number of aromatic nitrogens is 2. The van der Waals surface area contributed by atoms with Crippen molar-refractivity contribution < 1.29 is 4.79 Å². The highest BCUT2D eigenvalue weighted by molar-refractivity contribution is 7.09. The van der Waals surface area contributed by atoms with Crippen LogP contribution in [0.1, 0.15) is 27.2 Å². The molecule has 4 nitrogen and oxygen atoms in total. The van der Waals surface area contributed by atoms with Crippen LogP contribution in [-0.4, -0.2) is 22.2 Å². The standard InChI is InChI=1S/C18H19N3OS/c22-18(19-9-2-7-17-8-3-12-23-17)16-6-1-5-15(13-16)14-21-11-4-10-20-21/h1,3-6,8,10-13H,2,7,9,14H2,(H,19,22). The number of rotatable bonds is 7. The Kier molecular flexibility index (Phi) is 5.21. The first-order valence-corrected chi connectivity index (χ1v) is 8.56. The summed E-state index contributed by atoms with van der Waals surface area (Å²) in [6, 6.07) is 13.8. The van der Waals surface area contributed by atoms with Gasteiger partial charge in [-0.2, -0.15) is 5.10 Å². The van der Waals surface area contributed by atoms with Crippen molar-refractivity contribution in [2.75, 3.05) is 6.54 Å². The molecule has 0 aliphatic heterocycles. The Hall–Kier alpha value is -2.40. The van der Waals surface area contributed by atoms with Crippen molar-refractivity contribution in [3.05, 3.63) is 76.2 Å². The molecule has 5 heteroatoms. The molecule has 0 saturated heterocycles. The third-order valence-corrected chi connectivity index (χ3v) is 4.49. The van der Waals surface area contributed by atoms with E-state index in [2.05, 4.69) is 27.9 Å². The van der Waals surface area contributed by atoms with E-state index in [1.165, 1.54) is 4.88 Å². The minimum absolute atomic E-state index is 0.0153. The summed E-state index contributed by atoms with van der Waals surface area (Å²) in [7, 11) is 0. The van der Waals surface area contributed by atoms with Crippen LogP contribution in [0, 0.1) is 0 Å². The van der Waals surface area contributed by atoms with E-state index in [0.29, 0.717) is 18.7 Å². The average molecular weight is 325 g/mol. The Morgan fingerprint density at radius 1 is 1.22 bits per heavy atom. The van der Waals surface area contributed by atoms with Crippen LogP contribution in [0.25, 0.3) is 0 Å². The lowest BCUT2D eigenvalue weighted by molar-refractivity contribution is 0.0953. The summed E-state index contributed by atoms with van der Waals surface area (Å²) in [5.41, 5.74) is 1.77. The Morgan fingerprint density at radius 2 is 2.17 bits per heavy atom. The van der Waals surface area contributed by atoms with Gasteiger partial charge in [0.1, 0.15) is 0 Å². The van der Waals surface area contributed by atoms with E-state index in [4.69, 9.17) is 0 Å². The van der Waals surface area contributed by atoms with Gasteiger partial charge in [0.05, 0.1) is 6.54 Å². The molecule has 0 atom stereocenters. The molecule has 2 heterocycles. The molecule has 0 spiro atoms. The number of aryl methyl sites for hydroxylation is 1. The first-order valence-electron chi connectivity index (χ1n) is 7.68. The fourth-order valence-electron chi connectivity index (χ4n) is 2.41. The first-order chi connectivity index (χ1) is 11.3. The van der Waals surface area contributed by atoms with Crippen LogP contribution in [-0.2, 0) is 13.0 Å². The van der Waals surface area contributed by atoms with Gasteiger partial charge in [-0.25, -0.2) is 0 Å². The molecule has 0 fully saturated rings. The molecule has 2 aromatic heterocycles. The Morgan fingerprint density at radius 3 is 2.96 bits per heavy atom. The van der Waals surface area contributed by atoms with Gasteiger partial charge in [-0.05, 0) is 48.1 Å². The van der Waals surface area contributed by atoms with E-state index in [1.807, 2.05) is 41.2 Å². The SMILES string of the molecule is O=C(NCCCc1cccs1)c1cccc(Cn2cccn2)c1. The van der Waals surface area contributed by atoms with Crippen molar-refractivity contribution in [1.82, 2.24) is 15.1 Å². The van der Waals surface area contributed by atoms with Crippen molar-refractivity contribution in [3.63, 3.8) is 0 Å². The molecule has 0 bridgehead atoms. The average Bonchev–Trinajstić information content (AvgIpc) is 3.25. The lowest BCUT2D eigenvalue weighted by atomic mass is 10.1. The second-order valence-corrected chi connectivity index (χ2v) is 6.38. The molecular formula is C18H19N3OS. The second-order valence-electron chi connectivity index (χ2n) is 5.34. The number of amides is 1. The molecule has 0 aliphatic rings. The van der Waals surface area contributed by atoms with Crippen LogP contribution in [0.15, 0.2) is 60.2 Å². The van der Waals surface area contributed by atoms with Gasteiger partial charge in [-0.3, -0.25) is 9.48 Å². The Labute approximate surface area is 139 Å². The van der Waals surface area contributed by atoms with Gasteiger partial charge in [0.15, 0.2) is 0 Å². The lowest BCUT2D eigenvalue weighted by Gasteiger charge is -2.07. The van der Waals surface area contributed by atoms with E-state index in [0.717, 1.165) is 18.4 Å². The minimum Gasteiger partial charge on any atom is -0.352 e. The largest absolute Gasteiger partial charge is 0.352 e. The predicted octanol–water partition coefficient (Wildman–Crippen LogP) is 3.36. The van der Waals surface area contributed by atoms with Gasteiger partial charge in [-0.15, -0.1) is 11.3 Å². The van der Waals surface area contributed by atoms with Crippen LogP contribution in [0.4, 0.5) is 0 Å². The van der Waals surface area contributed by atoms with E-state index in [-0.39, 0.29) is 5.91 Å². The fourth-order valence-corrected chi connectivity index (χ4v) is 3.16. The summed E-state index contributed by atoms with van der Waals surface area (Å²) in [5, 5.41) is 9.26. The number of hydrogen-bond acceptors (Lipinski definition) is 3. The van der Waals surface area contributed by atoms with Crippen molar-refractivity contribution in [3.8, 4) is 0 Å². The van der Waals surface area contributed by atoms with Crippen molar-refractivity contribution in [2.45, 2.75) is 19.4 Å². The van der Waals surface area contributed by atoms with Gasteiger partial charge in [-0.1, -0.05) is 18.2 Å². The third-order valence-electron chi connectivity index (χ3n) is 3.56. The van der Waals surface area contributed by atoms with E-state index in [9.17, 15) is 4.79 Å². The summed E-state index contributed by atoms with van der Waals surface area (Å²) in [6.45, 7) is 1.37. The van der Waals surface area contributed by atoms with E-state index in [1.54, 1.807) is 17.5 Å². The number of thiophene rings is 1. The van der Waals surface area contributed by atoms with Crippen molar-refractivity contribution >= 4 is 17.2 Å². The molecule has 1 amide bonds. The quantitative estimate of drug-likeness (QED) is 0.677. The van der Waals surface area contributed by atoms with E-state index >= 15 is 0 Å². The maximum absolute atomic E-state index is 12.2. The molecule has 1 N–H and O–H groups in total. The molecule has 23 heavy (non-hydrogen) atoms. The molecule has 0 radical (unpaired) electrons. The summed E-state index contributed by atoms with van der Waals surface area (Å²) >= 11 is 1.76. The number of hydrogen-bond donors (Lipinski definition) is 1. The maximum Gasteiger partial charge on any atom is 0.251 e. The number of benzene rings is 1. The highest BCUT2D eigenvalue weighted by Gasteiger charge is 2.06. The highest BCUT2D eigenvalue weighted by Crippen LogP contribution is 2.11. The molecule has 118 valence electrons. The predicted molar refractivity (Wildman–Crippen MR) is 92.7 cm³/mol. The molecule has 0 unspecified atom stereocenters. The molecule has 1 aromatic carbocycles. The zero-order valence-electron chi connectivity index (χ0n) is 12.8. The molecular weight excluding hydrogens is 306 g/mol. The summed E-state index contributed by atoms with van der Waals surface area (Å²) in [6.07, 6.45) is 5.64. The van der Waals surface area contributed by atoms with Gasteiger partial charge in [0.25, 0.3) is 5.91 Å². The van der Waals surface area contributed by atoms with Gasteiger partial charge in [0.2, 0.25) is 0 Å². The number of nitrogens with one attached hydrogen (secondary N) is 1. The van der Waals surface area contributed by atoms with Crippen LogP contribution in [0.2, 0.25) is 0 Å². The third kappa shape index (κ3) is 4.53. The summed E-state index contributed by atoms with van der Waals surface area (Å²) in [4.78, 5) is 13.6. The number of carbonyl (C=O) groups is 1. The molecule has 3 aromatic rings. The van der Waals surface area contributed by atoms with Gasteiger partial charge >= 0.3 is 0 Å². The van der Waals surface area contributed by atoms with E-state index < -0.39 is 0 Å². The van der Waals surface area contributed by atoms with Gasteiger partial charge < -0.3 is 5.32 Å². The van der Waals surface area contributed by atoms with Crippen LogP contribution in [0.5, 0.6) is 0 Å². The van der Waals surface area contributed by atoms with Gasteiger partial charge in [0, 0.05) is 29.4 Å². The summed E-state index contributed by atoms with van der Waals surface area (Å²) < 4.78 is 1.85. The van der Waals surface area contributed by atoms with Crippen LogP contribution >= 0.6 is 11.3 Å². The highest BCUT2D eigenvalue weighted by atomic mass is 32.1. The van der Waals surface area contributed by atoms with Crippen LogP contribution < -0.4 is 5.32 Å².